The third-order valence-electron chi connectivity index (χ3n) is 3.18. The van der Waals surface area contributed by atoms with Gasteiger partial charge < -0.3 is 4.90 Å². The lowest BCUT2D eigenvalue weighted by atomic mass is 10.1. The molecule has 0 unspecified atom stereocenters. The fraction of sp³-hybridized carbons (Fsp3) is 0.133. The number of benzene rings is 2. The van der Waals surface area contributed by atoms with Crippen LogP contribution in [-0.4, -0.2) is 23.7 Å². The van der Waals surface area contributed by atoms with E-state index in [0.29, 0.717) is 0 Å². The number of hydrazine groups is 1. The Hall–Kier alpha value is -2.07. The molecule has 0 radical (unpaired) electrons. The van der Waals surface area contributed by atoms with E-state index in [1.165, 1.54) is 5.69 Å². The van der Waals surface area contributed by atoms with Crippen LogP contribution in [0.15, 0.2) is 54.6 Å². The number of fused-ring (bicyclic) bond motifs is 1. The van der Waals surface area contributed by atoms with Gasteiger partial charge in [0.05, 0.1) is 5.69 Å². The van der Waals surface area contributed by atoms with Crippen LogP contribution in [-0.2, 0) is 0 Å². The number of anilines is 2. The third kappa shape index (κ3) is 2.27. The third-order valence-corrected chi connectivity index (χ3v) is 3.62. The van der Waals surface area contributed by atoms with Crippen molar-refractivity contribution in [2.24, 2.45) is 0 Å². The van der Waals surface area contributed by atoms with E-state index in [4.69, 9.17) is 12.2 Å². The van der Waals surface area contributed by atoms with E-state index in [2.05, 4.69) is 29.5 Å². The largest absolute Gasteiger partial charge is 0.355 e. The van der Waals surface area contributed by atoms with Crippen LogP contribution in [0.2, 0.25) is 0 Å². The summed E-state index contributed by atoms with van der Waals surface area (Å²) in [4.78, 5) is 3.01. The maximum atomic E-state index is 5.57. The van der Waals surface area contributed by atoms with Crippen molar-refractivity contribution in [2.45, 2.75) is 0 Å². The Morgan fingerprint density at radius 2 is 1.68 bits per heavy atom. The van der Waals surface area contributed by atoms with Gasteiger partial charge in [0.25, 0.3) is 0 Å². The first kappa shape index (κ1) is 12.0. The normalized spacial score (nSPS) is 14.3. The van der Waals surface area contributed by atoms with Crippen LogP contribution in [0, 0.1) is 0 Å². The predicted octanol–water partition coefficient (Wildman–Crippen LogP) is 3.10. The van der Waals surface area contributed by atoms with E-state index < -0.39 is 0 Å². The van der Waals surface area contributed by atoms with Crippen molar-refractivity contribution in [1.82, 2.24) is 5.01 Å². The van der Waals surface area contributed by atoms with E-state index in [0.717, 1.165) is 22.9 Å². The Morgan fingerprint density at radius 3 is 2.47 bits per heavy atom. The molecule has 0 spiro atoms. The molecule has 19 heavy (non-hydrogen) atoms. The minimum atomic E-state index is 0.727. The Kier molecular flexibility index (Phi) is 3.09. The summed E-state index contributed by atoms with van der Waals surface area (Å²) in [5.41, 5.74) is 6.66. The van der Waals surface area contributed by atoms with Gasteiger partial charge in [0.1, 0.15) is 11.7 Å². The van der Waals surface area contributed by atoms with Gasteiger partial charge in [0, 0.05) is 18.3 Å². The average molecular weight is 269 g/mol. The van der Waals surface area contributed by atoms with E-state index in [-0.39, 0.29) is 0 Å². The number of para-hydroxylation sites is 2. The van der Waals surface area contributed by atoms with Gasteiger partial charge in [-0.1, -0.05) is 42.5 Å². The molecule has 0 amide bonds. The van der Waals surface area contributed by atoms with Crippen LogP contribution >= 0.6 is 12.2 Å². The molecule has 1 N–H and O–H groups in total. The summed E-state index contributed by atoms with van der Waals surface area (Å²) in [6.45, 7) is 0.727. The lowest BCUT2D eigenvalue weighted by molar-refractivity contribution is 0.495. The lowest BCUT2D eigenvalue weighted by Crippen LogP contribution is -2.47. The highest BCUT2D eigenvalue weighted by atomic mass is 32.1. The van der Waals surface area contributed by atoms with Gasteiger partial charge in [0.2, 0.25) is 0 Å². The van der Waals surface area contributed by atoms with Gasteiger partial charge in [-0.2, -0.15) is 0 Å². The highest BCUT2D eigenvalue weighted by Crippen LogP contribution is 2.26. The predicted molar refractivity (Wildman–Crippen MR) is 83.3 cm³/mol. The molecule has 2 aromatic carbocycles. The molecule has 0 bridgehead atoms. The summed E-state index contributed by atoms with van der Waals surface area (Å²) in [5.74, 6) is 0. The molecule has 0 saturated heterocycles. The van der Waals surface area contributed by atoms with Gasteiger partial charge in [0.15, 0.2) is 0 Å². The summed E-state index contributed by atoms with van der Waals surface area (Å²) in [5, 5.41) is 1.99. The standard InChI is InChI=1S/C15H15N3S/c1-17-11-18(16-12-7-3-2-4-8-12)15(19)13-9-5-6-10-14(13)17/h2-10,16H,11H2,1H3. The average Bonchev–Trinajstić information content (AvgIpc) is 2.46. The van der Waals surface area contributed by atoms with Gasteiger partial charge in [-0.05, 0) is 24.3 Å². The maximum absolute atomic E-state index is 5.57. The molecule has 0 fully saturated rings. The summed E-state index contributed by atoms with van der Waals surface area (Å²) in [7, 11) is 2.07. The molecule has 0 saturated carbocycles. The van der Waals surface area contributed by atoms with Crippen LogP contribution in [0.3, 0.4) is 0 Å². The topological polar surface area (TPSA) is 18.5 Å². The number of thiocarbonyl (C=S) groups is 1. The van der Waals surface area contributed by atoms with Gasteiger partial charge >= 0.3 is 0 Å². The van der Waals surface area contributed by atoms with Gasteiger partial charge in [-0.25, -0.2) is 0 Å². The zero-order chi connectivity index (χ0) is 13.2. The summed E-state index contributed by atoms with van der Waals surface area (Å²) >= 11 is 5.57. The molecule has 4 heteroatoms. The molecule has 0 atom stereocenters. The minimum Gasteiger partial charge on any atom is -0.355 e. The summed E-state index contributed by atoms with van der Waals surface area (Å²) in [6.07, 6.45) is 0. The van der Waals surface area contributed by atoms with E-state index in [1.807, 2.05) is 47.5 Å². The molecule has 3 rings (SSSR count). The summed E-state index contributed by atoms with van der Waals surface area (Å²) < 4.78 is 0. The van der Waals surface area contributed by atoms with Crippen LogP contribution in [0.5, 0.6) is 0 Å². The minimum absolute atomic E-state index is 0.727. The molecular weight excluding hydrogens is 254 g/mol. The molecule has 96 valence electrons. The second-order valence-electron chi connectivity index (χ2n) is 4.57. The fourth-order valence-electron chi connectivity index (χ4n) is 2.24. The Morgan fingerprint density at radius 1 is 1.00 bits per heavy atom. The first-order chi connectivity index (χ1) is 9.25. The molecule has 3 nitrogen and oxygen atoms in total. The van der Waals surface area contributed by atoms with Crippen molar-refractivity contribution in [3.63, 3.8) is 0 Å². The van der Waals surface area contributed by atoms with Crippen LogP contribution in [0.4, 0.5) is 11.4 Å². The molecule has 2 aromatic rings. The second kappa shape index (κ2) is 4.90. The highest BCUT2D eigenvalue weighted by Gasteiger charge is 2.23. The quantitative estimate of drug-likeness (QED) is 0.844. The molecule has 1 aliphatic heterocycles. The lowest BCUT2D eigenvalue weighted by Gasteiger charge is -2.38. The number of hydrogen-bond donors (Lipinski definition) is 1. The monoisotopic (exact) mass is 269 g/mol. The SMILES string of the molecule is CN1CN(Nc2ccccc2)C(=S)c2ccccc21. The molecule has 0 aliphatic carbocycles. The first-order valence-electron chi connectivity index (χ1n) is 6.19. The van der Waals surface area contributed by atoms with Crippen molar-refractivity contribution in [3.8, 4) is 0 Å². The van der Waals surface area contributed by atoms with E-state index in [1.54, 1.807) is 0 Å². The smallest absolute Gasteiger partial charge is 0.131 e. The molecular formula is C15H15N3S. The zero-order valence-electron chi connectivity index (χ0n) is 10.7. The Bertz CT molecular complexity index is 597. The van der Waals surface area contributed by atoms with Crippen molar-refractivity contribution in [3.05, 3.63) is 60.2 Å². The number of nitrogens with one attached hydrogen (secondary N) is 1. The molecule has 1 heterocycles. The van der Waals surface area contributed by atoms with Crippen molar-refractivity contribution in [1.29, 1.82) is 0 Å². The van der Waals surface area contributed by atoms with Crippen molar-refractivity contribution >= 4 is 28.6 Å². The van der Waals surface area contributed by atoms with E-state index in [9.17, 15) is 0 Å². The first-order valence-corrected chi connectivity index (χ1v) is 6.60. The molecule has 1 aliphatic rings. The summed E-state index contributed by atoms with van der Waals surface area (Å²) in [6, 6.07) is 18.3. The highest BCUT2D eigenvalue weighted by molar-refractivity contribution is 7.80. The maximum Gasteiger partial charge on any atom is 0.131 e. The van der Waals surface area contributed by atoms with Gasteiger partial charge in [-0.3, -0.25) is 10.4 Å². The fourth-order valence-corrected chi connectivity index (χ4v) is 2.52. The number of rotatable bonds is 2. The molecule has 0 aromatic heterocycles. The van der Waals surface area contributed by atoms with Crippen molar-refractivity contribution in [2.75, 3.05) is 24.0 Å². The van der Waals surface area contributed by atoms with Gasteiger partial charge in [-0.15, -0.1) is 0 Å². The van der Waals surface area contributed by atoms with Crippen LogP contribution < -0.4 is 10.3 Å². The second-order valence-corrected chi connectivity index (χ2v) is 4.95. The van der Waals surface area contributed by atoms with Crippen LogP contribution in [0.25, 0.3) is 0 Å². The number of hydrogen-bond acceptors (Lipinski definition) is 3. The Balaban J connectivity index is 1.88. The Labute approximate surface area is 118 Å². The number of nitrogens with zero attached hydrogens (tertiary/aromatic N) is 2. The zero-order valence-corrected chi connectivity index (χ0v) is 11.5. The van der Waals surface area contributed by atoms with Crippen molar-refractivity contribution < 1.29 is 0 Å². The van der Waals surface area contributed by atoms with E-state index >= 15 is 0 Å². The van der Waals surface area contributed by atoms with Crippen LogP contribution in [0.1, 0.15) is 5.56 Å².